The minimum atomic E-state index is 0.483. The number of carbonyl (C=O) groups excluding carboxylic acids is 1. The Morgan fingerprint density at radius 3 is 2.19 bits per heavy atom. The second-order valence-electron chi connectivity index (χ2n) is 5.15. The first-order chi connectivity index (χ1) is 7.70. The number of hydrogen-bond donors (Lipinski definition) is 0. The number of carbonyl (C=O) groups is 1. The number of hydrogen-bond acceptors (Lipinski definition) is 1. The average molecular weight is 226 g/mol. The van der Waals surface area contributed by atoms with E-state index < -0.39 is 0 Å². The van der Waals surface area contributed by atoms with Gasteiger partial charge in [0.2, 0.25) is 0 Å². The van der Waals surface area contributed by atoms with E-state index in [1.807, 2.05) is 0 Å². The molecule has 16 heavy (non-hydrogen) atoms. The molecule has 1 atom stereocenters. The highest BCUT2D eigenvalue weighted by molar-refractivity contribution is 5.78. The monoisotopic (exact) mass is 226 g/mol. The van der Waals surface area contributed by atoms with Crippen LogP contribution in [0.2, 0.25) is 0 Å². The van der Waals surface area contributed by atoms with Crippen molar-refractivity contribution < 1.29 is 4.79 Å². The van der Waals surface area contributed by atoms with Gasteiger partial charge >= 0.3 is 0 Å². The number of unbranched alkanes of at least 4 members (excludes halogenated alkanes) is 5. The Balaban J connectivity index is 3.30. The number of Topliss-reactive ketones (excluding diaryl/α,β-unsaturated/α-hetero) is 1. The zero-order valence-electron chi connectivity index (χ0n) is 11.6. The Hall–Kier alpha value is -0.330. The van der Waals surface area contributed by atoms with Crippen molar-refractivity contribution in [3.63, 3.8) is 0 Å². The van der Waals surface area contributed by atoms with Gasteiger partial charge in [0, 0.05) is 12.8 Å². The predicted molar refractivity (Wildman–Crippen MR) is 71.7 cm³/mol. The van der Waals surface area contributed by atoms with Gasteiger partial charge in [-0.25, -0.2) is 0 Å². The van der Waals surface area contributed by atoms with Crippen molar-refractivity contribution in [1.82, 2.24) is 0 Å². The topological polar surface area (TPSA) is 17.1 Å². The lowest BCUT2D eigenvalue weighted by molar-refractivity contribution is -0.120. The van der Waals surface area contributed by atoms with Gasteiger partial charge < -0.3 is 0 Å². The maximum atomic E-state index is 11.6. The minimum Gasteiger partial charge on any atom is -0.300 e. The van der Waals surface area contributed by atoms with E-state index in [0.29, 0.717) is 11.7 Å². The maximum Gasteiger partial charge on any atom is 0.133 e. The fraction of sp³-hybridized carbons (Fsp3) is 0.933. The van der Waals surface area contributed by atoms with Crippen LogP contribution in [0.5, 0.6) is 0 Å². The number of rotatable bonds is 11. The van der Waals surface area contributed by atoms with Crippen LogP contribution in [0.15, 0.2) is 0 Å². The molecule has 0 spiro atoms. The molecule has 0 aromatic rings. The van der Waals surface area contributed by atoms with Crippen molar-refractivity contribution in [1.29, 1.82) is 0 Å². The molecule has 0 rings (SSSR count). The smallest absolute Gasteiger partial charge is 0.133 e. The van der Waals surface area contributed by atoms with Crippen molar-refractivity contribution >= 4 is 5.78 Å². The first-order valence-electron chi connectivity index (χ1n) is 7.22. The van der Waals surface area contributed by atoms with Gasteiger partial charge in [0.1, 0.15) is 5.78 Å². The molecule has 96 valence electrons. The maximum absolute atomic E-state index is 11.6. The van der Waals surface area contributed by atoms with Crippen molar-refractivity contribution in [2.75, 3.05) is 0 Å². The van der Waals surface area contributed by atoms with Gasteiger partial charge in [-0.15, -0.1) is 0 Å². The summed E-state index contributed by atoms with van der Waals surface area (Å²) in [6, 6.07) is 0. The van der Waals surface area contributed by atoms with Gasteiger partial charge in [0.05, 0.1) is 0 Å². The minimum absolute atomic E-state index is 0.483. The summed E-state index contributed by atoms with van der Waals surface area (Å²) < 4.78 is 0. The van der Waals surface area contributed by atoms with E-state index >= 15 is 0 Å². The van der Waals surface area contributed by atoms with Gasteiger partial charge in [-0.1, -0.05) is 65.7 Å². The van der Waals surface area contributed by atoms with E-state index in [2.05, 4.69) is 20.8 Å². The van der Waals surface area contributed by atoms with E-state index in [1.165, 1.54) is 44.9 Å². The largest absolute Gasteiger partial charge is 0.300 e. The highest BCUT2D eigenvalue weighted by Gasteiger charge is 2.07. The third kappa shape index (κ3) is 10.2. The van der Waals surface area contributed by atoms with Crippen LogP contribution in [0.25, 0.3) is 0 Å². The molecule has 0 saturated heterocycles. The molecule has 1 unspecified atom stereocenters. The number of ketones is 1. The van der Waals surface area contributed by atoms with Gasteiger partial charge in [0.25, 0.3) is 0 Å². The molecule has 0 aliphatic carbocycles. The first-order valence-corrected chi connectivity index (χ1v) is 7.22. The Morgan fingerprint density at radius 2 is 1.56 bits per heavy atom. The summed E-state index contributed by atoms with van der Waals surface area (Å²) in [5, 5.41) is 0. The van der Waals surface area contributed by atoms with E-state index in [9.17, 15) is 4.79 Å². The molecule has 0 radical (unpaired) electrons. The standard InChI is InChI=1S/C15H30O/c1-4-6-7-8-9-10-12-15(16)13-14(3)11-5-2/h14H,4-13H2,1-3H3. The fourth-order valence-corrected chi connectivity index (χ4v) is 2.19. The lowest BCUT2D eigenvalue weighted by atomic mass is 9.97. The predicted octanol–water partition coefficient (Wildman–Crippen LogP) is 5.13. The van der Waals surface area contributed by atoms with Crippen LogP contribution in [0.1, 0.15) is 85.0 Å². The van der Waals surface area contributed by atoms with Gasteiger partial charge in [0.15, 0.2) is 0 Å². The molecule has 1 nitrogen and oxygen atoms in total. The van der Waals surface area contributed by atoms with E-state index in [-0.39, 0.29) is 0 Å². The lowest BCUT2D eigenvalue weighted by Gasteiger charge is -2.08. The normalized spacial score (nSPS) is 12.7. The van der Waals surface area contributed by atoms with Gasteiger partial charge in [-0.2, -0.15) is 0 Å². The molecule has 0 bridgehead atoms. The molecule has 0 aliphatic heterocycles. The molecule has 1 heteroatoms. The highest BCUT2D eigenvalue weighted by atomic mass is 16.1. The van der Waals surface area contributed by atoms with Crippen LogP contribution >= 0.6 is 0 Å². The van der Waals surface area contributed by atoms with Crippen LogP contribution in [0.3, 0.4) is 0 Å². The summed E-state index contributed by atoms with van der Waals surface area (Å²) in [6.07, 6.45) is 11.7. The first kappa shape index (κ1) is 15.7. The molecule has 0 aliphatic rings. The van der Waals surface area contributed by atoms with Crippen molar-refractivity contribution in [2.45, 2.75) is 85.0 Å². The second kappa shape index (κ2) is 11.2. The van der Waals surface area contributed by atoms with Gasteiger partial charge in [-0.05, 0) is 12.3 Å². The van der Waals surface area contributed by atoms with Crippen LogP contribution in [0, 0.1) is 5.92 Å². The second-order valence-corrected chi connectivity index (χ2v) is 5.15. The molecular weight excluding hydrogens is 196 g/mol. The van der Waals surface area contributed by atoms with Gasteiger partial charge in [-0.3, -0.25) is 4.79 Å². The summed E-state index contributed by atoms with van der Waals surface area (Å²) >= 11 is 0. The quantitative estimate of drug-likeness (QED) is 0.446. The van der Waals surface area contributed by atoms with Crippen molar-refractivity contribution in [3.05, 3.63) is 0 Å². The van der Waals surface area contributed by atoms with Crippen LogP contribution in [-0.2, 0) is 4.79 Å². The molecule has 0 saturated carbocycles. The summed E-state index contributed by atoms with van der Waals surface area (Å²) in [5.41, 5.74) is 0. The highest BCUT2D eigenvalue weighted by Crippen LogP contribution is 2.13. The zero-order chi connectivity index (χ0) is 12.2. The van der Waals surface area contributed by atoms with Crippen LogP contribution in [-0.4, -0.2) is 5.78 Å². The Kier molecular flexibility index (Phi) is 10.9. The molecule has 0 aromatic carbocycles. The third-order valence-corrected chi connectivity index (χ3v) is 3.17. The summed E-state index contributed by atoms with van der Waals surface area (Å²) in [6.45, 7) is 6.62. The Morgan fingerprint density at radius 1 is 0.938 bits per heavy atom. The average Bonchev–Trinajstić information content (AvgIpc) is 2.23. The molecule has 0 heterocycles. The lowest BCUT2D eigenvalue weighted by Crippen LogP contribution is -2.05. The van der Waals surface area contributed by atoms with E-state index in [4.69, 9.17) is 0 Å². The molecule has 0 N–H and O–H groups in total. The van der Waals surface area contributed by atoms with E-state index in [1.54, 1.807) is 0 Å². The van der Waals surface area contributed by atoms with Crippen molar-refractivity contribution in [3.8, 4) is 0 Å². The SMILES string of the molecule is CCCCCCCCC(=O)CC(C)CCC. The summed E-state index contributed by atoms with van der Waals surface area (Å²) in [5.74, 6) is 1.08. The van der Waals surface area contributed by atoms with Crippen molar-refractivity contribution in [2.24, 2.45) is 5.92 Å². The molecule has 0 fully saturated rings. The Labute approximate surface area is 102 Å². The molecular formula is C15H30O. The van der Waals surface area contributed by atoms with Crippen LogP contribution < -0.4 is 0 Å². The summed E-state index contributed by atoms with van der Waals surface area (Å²) in [4.78, 5) is 11.6. The molecule has 0 amide bonds. The molecule has 0 aromatic heterocycles. The van der Waals surface area contributed by atoms with E-state index in [0.717, 1.165) is 19.3 Å². The zero-order valence-corrected chi connectivity index (χ0v) is 11.6. The fourth-order valence-electron chi connectivity index (χ4n) is 2.19. The Bertz CT molecular complexity index is 163. The summed E-state index contributed by atoms with van der Waals surface area (Å²) in [7, 11) is 0. The van der Waals surface area contributed by atoms with Crippen LogP contribution in [0.4, 0.5) is 0 Å². The third-order valence-electron chi connectivity index (χ3n) is 3.17.